The number of hydrogen-bond acceptors (Lipinski definition) is 2. The highest BCUT2D eigenvalue weighted by Gasteiger charge is 2.15. The molecule has 0 atom stereocenters. The molecule has 2 aromatic rings. The zero-order chi connectivity index (χ0) is 17.2. The Morgan fingerprint density at radius 2 is 1.61 bits per heavy atom. The van der Waals surface area contributed by atoms with Gasteiger partial charge in [0.2, 0.25) is 5.91 Å². The van der Waals surface area contributed by atoms with Crippen LogP contribution in [0.1, 0.15) is 52.6 Å². The van der Waals surface area contributed by atoms with Gasteiger partial charge in [0.1, 0.15) is 0 Å². The number of rotatable bonds is 3. The number of carbonyl (C=O) groups excluding carboxylic acids is 2. The summed E-state index contributed by atoms with van der Waals surface area (Å²) < 4.78 is 0. The highest BCUT2D eigenvalue weighted by Crippen LogP contribution is 2.23. The molecule has 120 valence electrons. The van der Waals surface area contributed by atoms with Crippen LogP contribution in [0.25, 0.3) is 0 Å². The van der Waals surface area contributed by atoms with Crippen molar-refractivity contribution in [3.8, 4) is 0 Å². The van der Waals surface area contributed by atoms with Crippen LogP contribution in [0, 0.1) is 6.92 Å². The number of benzene rings is 2. The molecule has 0 aromatic heterocycles. The van der Waals surface area contributed by atoms with Crippen LogP contribution in [0.2, 0.25) is 0 Å². The monoisotopic (exact) mass is 310 g/mol. The van der Waals surface area contributed by atoms with Crippen LogP contribution in [0.4, 0.5) is 5.69 Å². The van der Waals surface area contributed by atoms with Crippen molar-refractivity contribution in [2.45, 2.75) is 33.1 Å². The van der Waals surface area contributed by atoms with Gasteiger partial charge in [-0.25, -0.2) is 0 Å². The second kappa shape index (κ2) is 6.24. The van der Waals surface area contributed by atoms with Crippen LogP contribution < -0.4 is 11.1 Å². The van der Waals surface area contributed by atoms with Crippen molar-refractivity contribution in [3.05, 3.63) is 64.7 Å². The van der Waals surface area contributed by atoms with Gasteiger partial charge in [-0.05, 0) is 47.7 Å². The third-order valence-electron chi connectivity index (χ3n) is 3.86. The molecule has 23 heavy (non-hydrogen) atoms. The lowest BCUT2D eigenvalue weighted by atomic mass is 9.86. The lowest BCUT2D eigenvalue weighted by Crippen LogP contribution is -2.17. The van der Waals surface area contributed by atoms with Crippen molar-refractivity contribution in [2.24, 2.45) is 5.73 Å². The van der Waals surface area contributed by atoms with E-state index in [0.29, 0.717) is 22.4 Å². The summed E-state index contributed by atoms with van der Waals surface area (Å²) in [7, 11) is 0. The van der Waals surface area contributed by atoms with Crippen LogP contribution in [0.5, 0.6) is 0 Å². The Morgan fingerprint density at radius 1 is 1.00 bits per heavy atom. The first-order valence-corrected chi connectivity index (χ1v) is 7.51. The van der Waals surface area contributed by atoms with Crippen molar-refractivity contribution >= 4 is 17.5 Å². The third-order valence-corrected chi connectivity index (χ3v) is 3.86. The molecule has 2 aromatic carbocycles. The lowest BCUT2D eigenvalue weighted by Gasteiger charge is -2.19. The van der Waals surface area contributed by atoms with Gasteiger partial charge < -0.3 is 11.1 Å². The molecule has 3 N–H and O–H groups in total. The summed E-state index contributed by atoms with van der Waals surface area (Å²) in [5.74, 6) is -0.719. The molecule has 0 aliphatic carbocycles. The fourth-order valence-corrected chi connectivity index (χ4v) is 2.35. The fraction of sp³-hybridized carbons (Fsp3) is 0.263. The molecule has 0 aliphatic heterocycles. The Labute approximate surface area is 136 Å². The topological polar surface area (TPSA) is 72.2 Å². The molecule has 0 spiro atoms. The lowest BCUT2D eigenvalue weighted by molar-refractivity contribution is 0.0995. The fourth-order valence-electron chi connectivity index (χ4n) is 2.35. The van der Waals surface area contributed by atoms with E-state index in [1.807, 2.05) is 24.3 Å². The zero-order valence-corrected chi connectivity index (χ0v) is 13.9. The number of carbonyl (C=O) groups is 2. The first-order chi connectivity index (χ1) is 10.7. The molecular formula is C19H22N2O2. The number of anilines is 1. The van der Waals surface area contributed by atoms with Gasteiger partial charge in [-0.15, -0.1) is 0 Å². The van der Waals surface area contributed by atoms with E-state index in [4.69, 9.17) is 5.73 Å². The molecule has 0 bridgehead atoms. The summed E-state index contributed by atoms with van der Waals surface area (Å²) in [6, 6.07) is 12.6. The highest BCUT2D eigenvalue weighted by molar-refractivity contribution is 6.05. The summed E-state index contributed by atoms with van der Waals surface area (Å²) in [5, 5.41) is 2.83. The van der Waals surface area contributed by atoms with Gasteiger partial charge in [0.25, 0.3) is 5.91 Å². The van der Waals surface area contributed by atoms with E-state index in [0.717, 1.165) is 0 Å². The Kier molecular flexibility index (Phi) is 4.55. The van der Waals surface area contributed by atoms with Crippen molar-refractivity contribution in [1.29, 1.82) is 0 Å². The molecule has 2 amide bonds. The highest BCUT2D eigenvalue weighted by atomic mass is 16.2. The molecule has 0 saturated heterocycles. The van der Waals surface area contributed by atoms with E-state index in [1.54, 1.807) is 25.1 Å². The van der Waals surface area contributed by atoms with E-state index >= 15 is 0 Å². The first kappa shape index (κ1) is 16.7. The second-order valence-corrected chi connectivity index (χ2v) is 6.62. The van der Waals surface area contributed by atoms with Crippen LogP contribution in [0.15, 0.2) is 42.5 Å². The predicted octanol–water partition coefficient (Wildman–Crippen LogP) is 3.64. The average Bonchev–Trinajstić information content (AvgIpc) is 2.48. The van der Waals surface area contributed by atoms with Crippen LogP contribution in [-0.4, -0.2) is 11.8 Å². The van der Waals surface area contributed by atoms with Gasteiger partial charge >= 0.3 is 0 Å². The van der Waals surface area contributed by atoms with E-state index in [-0.39, 0.29) is 11.3 Å². The van der Waals surface area contributed by atoms with E-state index in [1.165, 1.54) is 5.56 Å². The van der Waals surface area contributed by atoms with Gasteiger partial charge in [0, 0.05) is 16.8 Å². The normalized spacial score (nSPS) is 11.1. The SMILES string of the molecule is Cc1c(NC(=O)c2ccc(C(C)(C)C)cc2)cccc1C(N)=O. The largest absolute Gasteiger partial charge is 0.366 e. The van der Waals surface area contributed by atoms with Crippen molar-refractivity contribution in [3.63, 3.8) is 0 Å². The smallest absolute Gasteiger partial charge is 0.255 e. The maximum Gasteiger partial charge on any atom is 0.255 e. The zero-order valence-electron chi connectivity index (χ0n) is 13.9. The maximum atomic E-state index is 12.4. The van der Waals surface area contributed by atoms with Crippen molar-refractivity contribution in [1.82, 2.24) is 0 Å². The van der Waals surface area contributed by atoms with Gasteiger partial charge in [0.05, 0.1) is 0 Å². The van der Waals surface area contributed by atoms with Gasteiger partial charge in [-0.3, -0.25) is 9.59 Å². The molecule has 0 fully saturated rings. The standard InChI is InChI=1S/C19H22N2O2/c1-12-15(17(20)22)6-5-7-16(12)21-18(23)13-8-10-14(11-9-13)19(2,3)4/h5-11H,1-4H3,(H2,20,22)(H,21,23). The van der Waals surface area contributed by atoms with E-state index in [2.05, 4.69) is 26.1 Å². The van der Waals surface area contributed by atoms with Crippen LogP contribution in [-0.2, 0) is 5.41 Å². The number of amides is 2. The Morgan fingerprint density at radius 3 is 2.13 bits per heavy atom. The number of nitrogens with one attached hydrogen (secondary N) is 1. The van der Waals surface area contributed by atoms with Gasteiger partial charge in [0.15, 0.2) is 0 Å². The Balaban J connectivity index is 2.23. The minimum absolute atomic E-state index is 0.0431. The summed E-state index contributed by atoms with van der Waals surface area (Å²) in [6.45, 7) is 8.14. The number of primary amides is 1. The van der Waals surface area contributed by atoms with Gasteiger partial charge in [-0.2, -0.15) is 0 Å². The number of nitrogens with two attached hydrogens (primary N) is 1. The van der Waals surface area contributed by atoms with Gasteiger partial charge in [-0.1, -0.05) is 39.0 Å². The third kappa shape index (κ3) is 3.77. The maximum absolute atomic E-state index is 12.4. The summed E-state index contributed by atoms with van der Waals surface area (Å²) in [4.78, 5) is 23.8. The second-order valence-electron chi connectivity index (χ2n) is 6.62. The van der Waals surface area contributed by atoms with Crippen molar-refractivity contribution < 1.29 is 9.59 Å². The molecule has 0 saturated carbocycles. The molecular weight excluding hydrogens is 288 g/mol. The van der Waals surface area contributed by atoms with Crippen molar-refractivity contribution in [2.75, 3.05) is 5.32 Å². The summed E-state index contributed by atoms with van der Waals surface area (Å²) in [6.07, 6.45) is 0. The minimum atomic E-state index is -0.506. The number of hydrogen-bond donors (Lipinski definition) is 2. The molecule has 4 nitrogen and oxygen atoms in total. The van der Waals surface area contributed by atoms with Crippen LogP contribution >= 0.6 is 0 Å². The van der Waals surface area contributed by atoms with Crippen LogP contribution in [0.3, 0.4) is 0 Å². The molecule has 0 radical (unpaired) electrons. The van der Waals surface area contributed by atoms with E-state index < -0.39 is 5.91 Å². The molecule has 2 rings (SSSR count). The summed E-state index contributed by atoms with van der Waals surface area (Å²) in [5.41, 5.74) is 8.78. The molecule has 0 unspecified atom stereocenters. The Bertz CT molecular complexity index is 741. The summed E-state index contributed by atoms with van der Waals surface area (Å²) >= 11 is 0. The minimum Gasteiger partial charge on any atom is -0.366 e. The predicted molar refractivity (Wildman–Crippen MR) is 92.8 cm³/mol. The molecule has 0 aliphatic rings. The first-order valence-electron chi connectivity index (χ1n) is 7.51. The molecule has 4 heteroatoms. The quantitative estimate of drug-likeness (QED) is 0.908. The Hall–Kier alpha value is -2.62. The molecule has 0 heterocycles. The van der Waals surface area contributed by atoms with E-state index in [9.17, 15) is 9.59 Å². The average molecular weight is 310 g/mol.